The molecular weight excluding hydrogens is 283 g/mol. The molecule has 0 N–H and O–H groups in total. The summed E-state index contributed by atoms with van der Waals surface area (Å²) >= 11 is 0. The first kappa shape index (κ1) is 13.1. The lowest BCUT2D eigenvalue weighted by molar-refractivity contribution is 0.1000. The fourth-order valence-corrected chi connectivity index (χ4v) is 2.80. The predicted molar refractivity (Wildman–Crippen MR) is 79.8 cm³/mol. The first-order chi connectivity index (χ1) is 10.7. The Morgan fingerprint density at radius 1 is 1.05 bits per heavy atom. The Hall–Kier alpha value is -2.62. The van der Waals surface area contributed by atoms with E-state index in [1.807, 2.05) is 18.2 Å². The lowest BCUT2D eigenvalue weighted by atomic mass is 9.97. The molecule has 2 aromatic rings. The van der Waals surface area contributed by atoms with Crippen LogP contribution in [-0.4, -0.2) is 19.0 Å². The number of ether oxygens (including phenoxy) is 2. The maximum Gasteiger partial charge on any atom is 0.196 e. The molecule has 2 heterocycles. The lowest BCUT2D eigenvalue weighted by Crippen LogP contribution is -2.19. The van der Waals surface area contributed by atoms with Crippen molar-refractivity contribution < 1.29 is 18.7 Å². The van der Waals surface area contributed by atoms with Crippen LogP contribution >= 0.6 is 0 Å². The van der Waals surface area contributed by atoms with Gasteiger partial charge in [0.15, 0.2) is 5.78 Å². The Morgan fingerprint density at radius 3 is 2.82 bits per heavy atom. The van der Waals surface area contributed by atoms with Crippen LogP contribution in [0.5, 0.6) is 11.5 Å². The van der Waals surface area contributed by atoms with Crippen molar-refractivity contribution in [3.8, 4) is 11.5 Å². The van der Waals surface area contributed by atoms with Crippen molar-refractivity contribution in [2.24, 2.45) is 0 Å². The van der Waals surface area contributed by atoms with E-state index >= 15 is 0 Å². The van der Waals surface area contributed by atoms with Gasteiger partial charge in [-0.25, -0.2) is 4.39 Å². The van der Waals surface area contributed by atoms with Crippen molar-refractivity contribution in [3.05, 3.63) is 64.5 Å². The summed E-state index contributed by atoms with van der Waals surface area (Å²) in [5, 5.41) is 0. The second-order valence-electron chi connectivity index (χ2n) is 5.39. The van der Waals surface area contributed by atoms with Gasteiger partial charge < -0.3 is 9.47 Å². The minimum atomic E-state index is -0.438. The largest absolute Gasteiger partial charge is 0.493 e. The van der Waals surface area contributed by atoms with E-state index in [1.54, 1.807) is 6.08 Å². The van der Waals surface area contributed by atoms with E-state index in [-0.39, 0.29) is 18.0 Å². The molecule has 2 aromatic carbocycles. The third-order valence-electron chi connectivity index (χ3n) is 3.92. The van der Waals surface area contributed by atoms with Crippen LogP contribution in [0.1, 0.15) is 21.5 Å². The molecule has 22 heavy (non-hydrogen) atoms. The van der Waals surface area contributed by atoms with Crippen LogP contribution in [0.15, 0.2) is 42.0 Å². The van der Waals surface area contributed by atoms with Crippen molar-refractivity contribution in [3.63, 3.8) is 0 Å². The summed E-state index contributed by atoms with van der Waals surface area (Å²) in [6, 6.07) is 9.85. The molecule has 0 atom stereocenters. The zero-order valence-corrected chi connectivity index (χ0v) is 11.8. The van der Waals surface area contributed by atoms with E-state index in [1.165, 1.54) is 18.2 Å². The molecule has 0 saturated carbocycles. The van der Waals surface area contributed by atoms with E-state index in [4.69, 9.17) is 9.47 Å². The highest BCUT2D eigenvalue weighted by Gasteiger charge is 2.24. The van der Waals surface area contributed by atoms with Crippen molar-refractivity contribution in [2.45, 2.75) is 6.42 Å². The van der Waals surface area contributed by atoms with Gasteiger partial charge in [0.2, 0.25) is 0 Å². The molecule has 0 radical (unpaired) electrons. The minimum Gasteiger partial charge on any atom is -0.493 e. The topological polar surface area (TPSA) is 35.5 Å². The maximum absolute atomic E-state index is 13.3. The highest BCUT2D eigenvalue weighted by Crippen LogP contribution is 2.30. The van der Waals surface area contributed by atoms with Crippen molar-refractivity contribution >= 4 is 11.9 Å². The van der Waals surface area contributed by atoms with Gasteiger partial charge in [-0.2, -0.15) is 0 Å². The number of carbonyl (C=O) groups is 1. The number of Topliss-reactive ketones (excluding diaryl/α,β-unsaturated/α-hetero) is 1. The molecule has 4 rings (SSSR count). The molecule has 0 unspecified atom stereocenters. The molecule has 2 aliphatic heterocycles. The standard InChI is InChI=1S/C18H13FO3/c19-14-2-4-17-15(9-14)18(20)13(10-22-17)8-11-1-3-16-12(7-11)5-6-21-16/h1-4,7-9H,5-6,10H2/b13-8-. The van der Waals surface area contributed by atoms with Crippen LogP contribution in [0.4, 0.5) is 4.39 Å². The Kier molecular flexibility index (Phi) is 2.96. The average molecular weight is 296 g/mol. The van der Waals surface area contributed by atoms with Crippen molar-refractivity contribution in [1.29, 1.82) is 0 Å². The number of fused-ring (bicyclic) bond motifs is 2. The number of hydrogen-bond acceptors (Lipinski definition) is 3. The quantitative estimate of drug-likeness (QED) is 0.756. The number of benzene rings is 2. The van der Waals surface area contributed by atoms with Crippen LogP contribution in [0, 0.1) is 5.82 Å². The van der Waals surface area contributed by atoms with Crippen LogP contribution in [-0.2, 0) is 6.42 Å². The van der Waals surface area contributed by atoms with Crippen molar-refractivity contribution in [2.75, 3.05) is 13.2 Å². The van der Waals surface area contributed by atoms with Gasteiger partial charge in [0.05, 0.1) is 12.2 Å². The summed E-state index contributed by atoms with van der Waals surface area (Å²) in [7, 11) is 0. The number of hydrogen-bond donors (Lipinski definition) is 0. The molecule has 3 nitrogen and oxygen atoms in total. The van der Waals surface area contributed by atoms with Crippen LogP contribution in [0.3, 0.4) is 0 Å². The predicted octanol–water partition coefficient (Wildman–Crippen LogP) is 3.42. The summed E-state index contributed by atoms with van der Waals surface area (Å²) in [6.45, 7) is 0.898. The van der Waals surface area contributed by atoms with Crippen molar-refractivity contribution in [1.82, 2.24) is 0 Å². The number of ketones is 1. The molecular formula is C18H13FO3. The molecule has 0 spiro atoms. The molecule has 4 heteroatoms. The van der Waals surface area contributed by atoms with Crippen LogP contribution < -0.4 is 9.47 Å². The van der Waals surface area contributed by atoms with E-state index < -0.39 is 5.82 Å². The normalized spacial score (nSPS) is 17.7. The number of carbonyl (C=O) groups excluding carboxylic acids is 1. The van der Waals surface area contributed by atoms with Gasteiger partial charge in [0, 0.05) is 12.0 Å². The highest BCUT2D eigenvalue weighted by molar-refractivity contribution is 6.14. The van der Waals surface area contributed by atoms with Gasteiger partial charge in [0.1, 0.15) is 23.9 Å². The summed E-state index contributed by atoms with van der Waals surface area (Å²) < 4.78 is 24.3. The Morgan fingerprint density at radius 2 is 1.91 bits per heavy atom. The number of rotatable bonds is 1. The molecule has 0 fully saturated rings. The van der Waals surface area contributed by atoms with Gasteiger partial charge in [-0.15, -0.1) is 0 Å². The first-order valence-electron chi connectivity index (χ1n) is 7.14. The molecule has 0 bridgehead atoms. The third kappa shape index (κ3) is 2.17. The third-order valence-corrected chi connectivity index (χ3v) is 3.92. The van der Waals surface area contributed by atoms with Gasteiger partial charge in [-0.3, -0.25) is 4.79 Å². The maximum atomic E-state index is 13.3. The Balaban J connectivity index is 1.70. The monoisotopic (exact) mass is 296 g/mol. The molecule has 0 aliphatic carbocycles. The lowest BCUT2D eigenvalue weighted by Gasteiger charge is -2.18. The molecule has 2 aliphatic rings. The Bertz CT molecular complexity index is 808. The fourth-order valence-electron chi connectivity index (χ4n) is 2.80. The summed E-state index contributed by atoms with van der Waals surface area (Å²) in [5.74, 6) is 0.718. The Labute approximate surface area is 127 Å². The van der Waals surface area contributed by atoms with E-state index in [9.17, 15) is 9.18 Å². The van der Waals surface area contributed by atoms with Gasteiger partial charge in [0.25, 0.3) is 0 Å². The summed E-state index contributed by atoms with van der Waals surface area (Å²) in [4.78, 5) is 12.5. The second kappa shape index (κ2) is 4.98. The van der Waals surface area contributed by atoms with Crippen LogP contribution in [0.25, 0.3) is 6.08 Å². The average Bonchev–Trinajstić information content (AvgIpc) is 2.98. The van der Waals surface area contributed by atoms with Gasteiger partial charge in [-0.1, -0.05) is 6.07 Å². The summed E-state index contributed by atoms with van der Waals surface area (Å²) in [6.07, 6.45) is 2.68. The summed E-state index contributed by atoms with van der Waals surface area (Å²) in [5.41, 5.74) is 2.87. The van der Waals surface area contributed by atoms with Crippen LogP contribution in [0.2, 0.25) is 0 Å². The minimum absolute atomic E-state index is 0.183. The van der Waals surface area contributed by atoms with E-state index in [2.05, 4.69) is 0 Å². The fraction of sp³-hybridized carbons (Fsp3) is 0.167. The molecule has 0 amide bonds. The second-order valence-corrected chi connectivity index (χ2v) is 5.39. The van der Waals surface area contributed by atoms with Gasteiger partial charge in [-0.05, 0) is 47.5 Å². The van der Waals surface area contributed by atoms with Gasteiger partial charge >= 0.3 is 0 Å². The zero-order valence-electron chi connectivity index (χ0n) is 11.8. The zero-order chi connectivity index (χ0) is 15.1. The smallest absolute Gasteiger partial charge is 0.196 e. The molecule has 0 saturated heterocycles. The van der Waals surface area contributed by atoms with E-state index in [0.717, 1.165) is 23.3 Å². The molecule has 110 valence electrons. The SMILES string of the molecule is O=C1/C(=C\c2ccc3c(c2)CCO3)COc2ccc(F)cc21. The van der Waals surface area contributed by atoms with E-state index in [0.29, 0.717) is 17.9 Å². The molecule has 0 aromatic heterocycles. The highest BCUT2D eigenvalue weighted by atomic mass is 19.1. The number of halogens is 1. The first-order valence-corrected chi connectivity index (χ1v) is 7.14.